The molecule has 1 nitrogen and oxygen atoms in total. The molecule has 1 aliphatic heterocycles. The van der Waals surface area contributed by atoms with Crippen LogP contribution in [0.1, 0.15) is 18.9 Å². The van der Waals surface area contributed by atoms with Gasteiger partial charge in [-0.05, 0) is 24.1 Å². The molecule has 3 atom stereocenters. The molecule has 0 spiro atoms. The van der Waals surface area contributed by atoms with Gasteiger partial charge in [0.1, 0.15) is 0 Å². The van der Waals surface area contributed by atoms with E-state index in [4.69, 9.17) is 23.2 Å². The molecule has 1 heterocycles. The number of halogens is 2. The van der Waals surface area contributed by atoms with E-state index in [2.05, 4.69) is 6.92 Å². The summed E-state index contributed by atoms with van der Waals surface area (Å²) in [5.41, 5.74) is 0.976. The Bertz CT molecular complexity index is 428. The predicted octanol–water partition coefficient (Wildman–Crippen LogP) is 4.52. The minimum Gasteiger partial charge on any atom is -0.392 e. The molecule has 2 rings (SSSR count). The average Bonchev–Trinajstić information content (AvgIpc) is 2.41. The minimum atomic E-state index is -0.346. The van der Waals surface area contributed by atoms with E-state index >= 15 is 0 Å². The van der Waals surface area contributed by atoms with Crippen molar-refractivity contribution in [3.63, 3.8) is 0 Å². The number of rotatable bonds is 4. The van der Waals surface area contributed by atoms with E-state index in [0.29, 0.717) is 27.0 Å². The molecule has 0 aromatic heterocycles. The Hall–Kier alpha value is 0.460. The molecule has 1 aliphatic rings. The molecule has 0 amide bonds. The quantitative estimate of drug-likeness (QED) is 0.872. The highest BCUT2D eigenvalue weighted by molar-refractivity contribution is 8.07. The van der Waals surface area contributed by atoms with Crippen LogP contribution < -0.4 is 0 Å². The Morgan fingerprint density at radius 3 is 2.74 bits per heavy atom. The number of aliphatic hydroxyl groups is 1. The van der Waals surface area contributed by atoms with Crippen molar-refractivity contribution in [1.82, 2.24) is 0 Å². The van der Waals surface area contributed by atoms with E-state index in [9.17, 15) is 5.11 Å². The van der Waals surface area contributed by atoms with Crippen molar-refractivity contribution in [2.45, 2.75) is 36.4 Å². The van der Waals surface area contributed by atoms with Gasteiger partial charge in [0.25, 0.3) is 0 Å². The van der Waals surface area contributed by atoms with E-state index in [1.54, 1.807) is 6.07 Å². The molecule has 0 bridgehead atoms. The van der Waals surface area contributed by atoms with Gasteiger partial charge in [-0.1, -0.05) is 36.2 Å². The lowest BCUT2D eigenvalue weighted by Crippen LogP contribution is -2.37. The first-order valence-corrected chi connectivity index (χ1v) is 9.32. The van der Waals surface area contributed by atoms with Crippen molar-refractivity contribution in [3.8, 4) is 0 Å². The van der Waals surface area contributed by atoms with Crippen LogP contribution in [0.5, 0.6) is 0 Å². The average molecular weight is 337 g/mol. The molecule has 1 saturated heterocycles. The van der Waals surface area contributed by atoms with Gasteiger partial charge in [-0.25, -0.2) is 0 Å². The lowest BCUT2D eigenvalue weighted by atomic mass is 10.0. The van der Waals surface area contributed by atoms with Gasteiger partial charge in [0, 0.05) is 38.5 Å². The molecule has 0 saturated carbocycles. The first kappa shape index (κ1) is 15.8. The van der Waals surface area contributed by atoms with E-state index in [1.165, 1.54) is 5.75 Å². The molecule has 5 heteroatoms. The zero-order valence-corrected chi connectivity index (χ0v) is 14.0. The van der Waals surface area contributed by atoms with Crippen LogP contribution in [0.4, 0.5) is 0 Å². The number of aliphatic hydroxyl groups excluding tert-OH is 1. The molecular weight excluding hydrogens is 319 g/mol. The van der Waals surface area contributed by atoms with Gasteiger partial charge in [-0.2, -0.15) is 23.5 Å². The standard InChI is InChI=1S/C14H18Cl2OS2/c1-2-13-14(19-6-5-18-13)12(17)7-9-3-4-10(15)8-11(9)16/h3-4,8,12-14,17H,2,5-7H2,1H3. The van der Waals surface area contributed by atoms with E-state index < -0.39 is 0 Å². The highest BCUT2D eigenvalue weighted by atomic mass is 35.5. The number of thioether (sulfide) groups is 2. The number of benzene rings is 1. The summed E-state index contributed by atoms with van der Waals surface area (Å²) in [5, 5.41) is 12.6. The van der Waals surface area contributed by atoms with Gasteiger partial charge in [0.2, 0.25) is 0 Å². The fourth-order valence-electron chi connectivity index (χ4n) is 2.32. The fraction of sp³-hybridized carbons (Fsp3) is 0.571. The van der Waals surface area contributed by atoms with Crippen LogP contribution in [0, 0.1) is 0 Å². The summed E-state index contributed by atoms with van der Waals surface area (Å²) >= 11 is 15.9. The highest BCUT2D eigenvalue weighted by Gasteiger charge is 2.31. The summed E-state index contributed by atoms with van der Waals surface area (Å²) in [5.74, 6) is 2.31. The van der Waals surface area contributed by atoms with Gasteiger partial charge < -0.3 is 5.11 Å². The number of hydrogen-bond donors (Lipinski definition) is 1. The van der Waals surface area contributed by atoms with Crippen LogP contribution in [0.25, 0.3) is 0 Å². The molecule has 19 heavy (non-hydrogen) atoms. The van der Waals surface area contributed by atoms with Crippen LogP contribution in [-0.2, 0) is 6.42 Å². The Morgan fingerprint density at radius 1 is 1.32 bits per heavy atom. The van der Waals surface area contributed by atoms with Crippen molar-refractivity contribution >= 4 is 46.7 Å². The van der Waals surface area contributed by atoms with E-state index in [1.807, 2.05) is 35.7 Å². The first-order chi connectivity index (χ1) is 9.11. The second kappa shape index (κ2) is 7.46. The molecule has 1 aromatic carbocycles. The first-order valence-electron chi connectivity index (χ1n) is 6.47. The maximum Gasteiger partial charge on any atom is 0.0710 e. The van der Waals surface area contributed by atoms with Gasteiger partial charge in [0.15, 0.2) is 0 Å². The molecule has 0 radical (unpaired) electrons. The SMILES string of the molecule is CCC1SCCSC1C(O)Cc1ccc(Cl)cc1Cl. The normalized spacial score (nSPS) is 25.3. The van der Waals surface area contributed by atoms with Gasteiger partial charge in [-0.15, -0.1) is 0 Å². The molecule has 106 valence electrons. The Labute approximate surface area is 133 Å². The van der Waals surface area contributed by atoms with Crippen LogP contribution in [0.15, 0.2) is 18.2 Å². The van der Waals surface area contributed by atoms with Crippen molar-refractivity contribution in [1.29, 1.82) is 0 Å². The molecule has 1 fully saturated rings. The Balaban J connectivity index is 2.04. The third-order valence-electron chi connectivity index (χ3n) is 3.32. The summed E-state index contributed by atoms with van der Waals surface area (Å²) in [4.78, 5) is 0. The van der Waals surface area contributed by atoms with Gasteiger partial charge in [0.05, 0.1) is 6.10 Å². The molecular formula is C14H18Cl2OS2. The van der Waals surface area contributed by atoms with Crippen molar-refractivity contribution in [2.24, 2.45) is 0 Å². The zero-order chi connectivity index (χ0) is 13.8. The van der Waals surface area contributed by atoms with Crippen molar-refractivity contribution in [2.75, 3.05) is 11.5 Å². The molecule has 1 aromatic rings. The van der Waals surface area contributed by atoms with E-state index in [-0.39, 0.29) is 6.10 Å². The molecule has 0 aliphatic carbocycles. The lowest BCUT2D eigenvalue weighted by Gasteiger charge is -2.33. The zero-order valence-electron chi connectivity index (χ0n) is 10.8. The van der Waals surface area contributed by atoms with Crippen LogP contribution in [-0.4, -0.2) is 33.2 Å². The summed E-state index contributed by atoms with van der Waals surface area (Å²) in [7, 11) is 0. The van der Waals surface area contributed by atoms with Crippen LogP contribution >= 0.6 is 46.7 Å². The van der Waals surface area contributed by atoms with Crippen LogP contribution in [0.3, 0.4) is 0 Å². The smallest absolute Gasteiger partial charge is 0.0710 e. The minimum absolute atomic E-state index is 0.301. The topological polar surface area (TPSA) is 20.2 Å². The molecule has 3 unspecified atom stereocenters. The highest BCUT2D eigenvalue weighted by Crippen LogP contribution is 2.36. The van der Waals surface area contributed by atoms with Gasteiger partial charge in [-0.3, -0.25) is 0 Å². The second-order valence-electron chi connectivity index (χ2n) is 4.66. The predicted molar refractivity (Wildman–Crippen MR) is 89.0 cm³/mol. The second-order valence-corrected chi connectivity index (χ2v) is 8.14. The summed E-state index contributed by atoms with van der Waals surface area (Å²) < 4.78 is 0. The van der Waals surface area contributed by atoms with E-state index in [0.717, 1.165) is 17.7 Å². The Morgan fingerprint density at radius 2 is 2.05 bits per heavy atom. The lowest BCUT2D eigenvalue weighted by molar-refractivity contribution is 0.169. The van der Waals surface area contributed by atoms with Crippen LogP contribution in [0.2, 0.25) is 10.0 Å². The maximum atomic E-state index is 10.5. The summed E-state index contributed by atoms with van der Waals surface area (Å²) in [6.45, 7) is 2.19. The Kier molecular flexibility index (Phi) is 6.22. The molecule has 1 N–H and O–H groups in total. The monoisotopic (exact) mass is 336 g/mol. The number of hydrogen-bond acceptors (Lipinski definition) is 3. The van der Waals surface area contributed by atoms with Crippen molar-refractivity contribution in [3.05, 3.63) is 33.8 Å². The van der Waals surface area contributed by atoms with Crippen molar-refractivity contribution < 1.29 is 5.11 Å². The maximum absolute atomic E-state index is 10.5. The third kappa shape index (κ3) is 4.21. The largest absolute Gasteiger partial charge is 0.392 e. The third-order valence-corrected chi connectivity index (χ3v) is 7.30. The summed E-state index contributed by atoms with van der Waals surface area (Å²) in [6, 6.07) is 5.48. The summed E-state index contributed by atoms with van der Waals surface area (Å²) in [6.07, 6.45) is 1.36. The fourth-order valence-corrected chi connectivity index (χ4v) is 5.96. The van der Waals surface area contributed by atoms with Gasteiger partial charge >= 0.3 is 0 Å².